The molecule has 0 bridgehead atoms. The lowest BCUT2D eigenvalue weighted by Crippen LogP contribution is -1.99. The second kappa shape index (κ2) is 7.26. The van der Waals surface area contributed by atoms with E-state index in [1.54, 1.807) is 30.3 Å². The summed E-state index contributed by atoms with van der Waals surface area (Å²) in [5, 5.41) is 9.20. The summed E-state index contributed by atoms with van der Waals surface area (Å²) < 4.78 is 6.49. The number of aromatic nitrogens is 4. The number of methoxy groups -OCH3 is 1. The first-order valence-electron chi connectivity index (χ1n) is 7.41. The van der Waals surface area contributed by atoms with Gasteiger partial charge in [0.1, 0.15) is 6.33 Å². The Labute approximate surface area is 144 Å². The van der Waals surface area contributed by atoms with Crippen LogP contribution in [0.1, 0.15) is 5.56 Å². The Morgan fingerprint density at radius 2 is 2.28 bits per heavy atom. The summed E-state index contributed by atoms with van der Waals surface area (Å²) in [5.41, 5.74) is 11.4. The predicted octanol–water partition coefficient (Wildman–Crippen LogP) is 2.49. The van der Waals surface area contributed by atoms with Gasteiger partial charge in [0, 0.05) is 5.69 Å². The Balaban J connectivity index is 1.84. The van der Waals surface area contributed by atoms with Crippen LogP contribution in [-0.2, 0) is 4.74 Å². The van der Waals surface area contributed by atoms with E-state index in [-0.39, 0.29) is 0 Å². The van der Waals surface area contributed by atoms with Gasteiger partial charge in [0.2, 0.25) is 0 Å². The van der Waals surface area contributed by atoms with E-state index in [1.807, 2.05) is 24.3 Å². The molecule has 0 radical (unpaired) electrons. The van der Waals surface area contributed by atoms with E-state index in [1.165, 1.54) is 12.6 Å². The number of nitrogens with two attached hydrogens (primary N) is 1. The molecule has 8 nitrogen and oxygen atoms in total. The number of nitrogens with one attached hydrogen (secondary N) is 1. The molecule has 2 aromatic heterocycles. The predicted molar refractivity (Wildman–Crippen MR) is 98.9 cm³/mol. The van der Waals surface area contributed by atoms with Gasteiger partial charge >= 0.3 is 0 Å². The van der Waals surface area contributed by atoms with E-state index in [2.05, 4.69) is 32.2 Å². The van der Waals surface area contributed by atoms with Crippen molar-refractivity contribution in [3.8, 4) is 0 Å². The Hall–Kier alpha value is -3.68. The van der Waals surface area contributed by atoms with Crippen LogP contribution in [0.25, 0.3) is 16.7 Å². The van der Waals surface area contributed by atoms with Gasteiger partial charge in [-0.3, -0.25) is 5.43 Å². The average Bonchev–Trinajstić information content (AvgIpc) is 3.05. The fraction of sp³-hybridized carbons (Fsp3) is 0.0588. The second-order valence-electron chi connectivity index (χ2n) is 5.09. The zero-order valence-corrected chi connectivity index (χ0v) is 13.6. The van der Waals surface area contributed by atoms with Gasteiger partial charge in [-0.05, 0) is 23.8 Å². The molecule has 0 saturated heterocycles. The normalized spacial score (nSPS) is 11.4. The van der Waals surface area contributed by atoms with E-state index >= 15 is 0 Å². The zero-order chi connectivity index (χ0) is 17.6. The van der Waals surface area contributed by atoms with E-state index in [9.17, 15) is 0 Å². The number of hydrogen-bond donors (Lipinski definition) is 2. The van der Waals surface area contributed by atoms with Crippen molar-refractivity contribution in [1.29, 1.82) is 0 Å². The molecule has 0 aliphatic heterocycles. The van der Waals surface area contributed by atoms with Gasteiger partial charge in [0.15, 0.2) is 11.5 Å². The van der Waals surface area contributed by atoms with Crippen molar-refractivity contribution in [3.63, 3.8) is 0 Å². The number of anilines is 2. The Morgan fingerprint density at radius 3 is 3.08 bits per heavy atom. The third-order valence-corrected chi connectivity index (χ3v) is 3.33. The van der Waals surface area contributed by atoms with Crippen molar-refractivity contribution < 1.29 is 4.74 Å². The monoisotopic (exact) mass is 335 g/mol. The second-order valence-corrected chi connectivity index (χ2v) is 5.09. The van der Waals surface area contributed by atoms with Gasteiger partial charge in [-0.15, -0.1) is 0 Å². The fourth-order valence-corrected chi connectivity index (χ4v) is 2.17. The van der Waals surface area contributed by atoms with Crippen LogP contribution in [0.2, 0.25) is 0 Å². The quantitative estimate of drug-likeness (QED) is 0.236. The minimum atomic E-state index is 0.542. The number of nitrogens with zero attached hydrogens (tertiary/aromatic N) is 5. The summed E-state index contributed by atoms with van der Waals surface area (Å²) in [4.78, 5) is 8.46. The third-order valence-electron chi connectivity index (χ3n) is 3.33. The Morgan fingerprint density at radius 1 is 1.40 bits per heavy atom. The molecule has 0 aliphatic carbocycles. The van der Waals surface area contributed by atoms with Crippen molar-refractivity contribution in [3.05, 3.63) is 61.3 Å². The largest absolute Gasteiger partial charge is 0.504 e. The fourth-order valence-electron chi connectivity index (χ4n) is 2.17. The topological polar surface area (TPSA) is 103 Å². The number of benzene rings is 1. The summed E-state index contributed by atoms with van der Waals surface area (Å²) in [6.45, 7) is 3.94. The van der Waals surface area contributed by atoms with E-state index in [0.29, 0.717) is 22.8 Å². The van der Waals surface area contributed by atoms with Gasteiger partial charge in [0.25, 0.3) is 0 Å². The number of rotatable bonds is 6. The molecule has 25 heavy (non-hydrogen) atoms. The van der Waals surface area contributed by atoms with E-state index < -0.39 is 0 Å². The molecule has 3 aromatic rings. The molecule has 0 spiro atoms. The maximum atomic E-state index is 5.75. The lowest BCUT2D eigenvalue weighted by atomic mass is 10.2. The lowest BCUT2D eigenvalue weighted by Gasteiger charge is -2.03. The van der Waals surface area contributed by atoms with Crippen molar-refractivity contribution in [2.24, 2.45) is 5.10 Å². The molecule has 0 unspecified atom stereocenters. The summed E-state index contributed by atoms with van der Waals surface area (Å²) in [6, 6.07) is 7.41. The molecule has 3 rings (SSSR count). The highest BCUT2D eigenvalue weighted by atomic mass is 16.5. The highest BCUT2D eigenvalue weighted by Crippen LogP contribution is 2.21. The molecule has 1 aromatic carbocycles. The van der Waals surface area contributed by atoms with Gasteiger partial charge < -0.3 is 10.5 Å². The van der Waals surface area contributed by atoms with Crippen LogP contribution in [0.5, 0.6) is 0 Å². The van der Waals surface area contributed by atoms with Gasteiger partial charge in [-0.2, -0.15) is 10.2 Å². The van der Waals surface area contributed by atoms with E-state index in [4.69, 9.17) is 10.5 Å². The number of ether oxygens (including phenoxy) is 1. The van der Waals surface area contributed by atoms with Gasteiger partial charge in [0.05, 0.1) is 36.9 Å². The summed E-state index contributed by atoms with van der Waals surface area (Å²) in [7, 11) is 1.56. The standard InChI is InChI=1S/C17H17N7O/c1-12(6-7-25-2)24-17-15(10-22-24)16(19-11-20-17)23-21-9-13-4-3-5-14(18)8-13/h3-11H,1,18H2,2H3,(H,19,20,23)/b7-6+,21-9+. The van der Waals surface area contributed by atoms with Crippen molar-refractivity contribution in [1.82, 2.24) is 19.7 Å². The summed E-state index contributed by atoms with van der Waals surface area (Å²) in [6.07, 6.45) is 7.96. The van der Waals surface area contributed by atoms with Crippen molar-refractivity contribution in [2.75, 3.05) is 18.3 Å². The maximum Gasteiger partial charge on any atom is 0.168 e. The number of nitrogen functional groups attached to an aromatic ring is 1. The third kappa shape index (κ3) is 3.63. The number of hydrazone groups is 1. The van der Waals surface area contributed by atoms with Crippen molar-refractivity contribution in [2.45, 2.75) is 0 Å². The number of fused-ring (bicyclic) bond motifs is 1. The molecule has 0 atom stereocenters. The molecule has 0 fully saturated rings. The van der Waals surface area contributed by atoms with Crippen LogP contribution in [-0.4, -0.2) is 33.1 Å². The smallest absolute Gasteiger partial charge is 0.168 e. The molecule has 2 heterocycles. The first-order valence-corrected chi connectivity index (χ1v) is 7.41. The lowest BCUT2D eigenvalue weighted by molar-refractivity contribution is 0.338. The molecule has 126 valence electrons. The summed E-state index contributed by atoms with van der Waals surface area (Å²) in [5.74, 6) is 0.542. The average molecular weight is 335 g/mol. The molecule has 3 N–H and O–H groups in total. The molecule has 0 aliphatic rings. The Kier molecular flexibility index (Phi) is 4.70. The molecule has 0 saturated carbocycles. The van der Waals surface area contributed by atoms with Gasteiger partial charge in [-0.1, -0.05) is 18.7 Å². The van der Waals surface area contributed by atoms with Crippen LogP contribution in [0, 0.1) is 0 Å². The van der Waals surface area contributed by atoms with Crippen LogP contribution in [0.3, 0.4) is 0 Å². The Bertz CT molecular complexity index is 959. The van der Waals surface area contributed by atoms with E-state index in [0.717, 1.165) is 10.9 Å². The highest BCUT2D eigenvalue weighted by molar-refractivity contribution is 5.89. The van der Waals surface area contributed by atoms with Crippen molar-refractivity contribution >= 4 is 34.5 Å². The highest BCUT2D eigenvalue weighted by Gasteiger charge is 2.10. The first kappa shape index (κ1) is 16.2. The maximum absolute atomic E-state index is 5.75. The van der Waals surface area contributed by atoms with Gasteiger partial charge in [-0.25, -0.2) is 14.6 Å². The SMILES string of the molecule is C=C(/C=C/OC)n1ncc2c(N/N=C/c3cccc(N)c3)ncnc21. The van der Waals surface area contributed by atoms with Crippen LogP contribution in [0.4, 0.5) is 11.5 Å². The summed E-state index contributed by atoms with van der Waals surface area (Å²) >= 11 is 0. The molecule has 0 amide bonds. The number of hydrogen-bond acceptors (Lipinski definition) is 7. The zero-order valence-electron chi connectivity index (χ0n) is 13.6. The minimum Gasteiger partial charge on any atom is -0.504 e. The molecular formula is C17H17N7O. The van der Waals surface area contributed by atoms with Crippen LogP contribution < -0.4 is 11.2 Å². The van der Waals surface area contributed by atoms with Crippen LogP contribution in [0.15, 0.2) is 60.8 Å². The number of allylic oxidation sites excluding steroid dienone is 2. The minimum absolute atomic E-state index is 0.542. The first-order chi connectivity index (χ1) is 12.2. The molecular weight excluding hydrogens is 318 g/mol. The van der Waals surface area contributed by atoms with Crippen LogP contribution >= 0.6 is 0 Å². The molecule has 8 heteroatoms.